The molecule has 1 heterocycles. The topological polar surface area (TPSA) is 81.8 Å². The Bertz CT molecular complexity index is 841. The molecule has 1 aromatic carbocycles. The fraction of sp³-hybridized carbons (Fsp3) is 0.640. The van der Waals surface area contributed by atoms with Crippen LogP contribution in [0.5, 0.6) is 0 Å². The Kier molecular flexibility index (Phi) is 8.69. The average molecular weight is 461 g/mol. The van der Waals surface area contributed by atoms with Crippen LogP contribution in [0.1, 0.15) is 59.3 Å². The van der Waals surface area contributed by atoms with Crippen molar-refractivity contribution in [3.63, 3.8) is 0 Å². The molecule has 2 aliphatic rings. The highest BCUT2D eigenvalue weighted by Crippen LogP contribution is 2.29. The van der Waals surface area contributed by atoms with Crippen LogP contribution in [0.25, 0.3) is 0 Å². The first-order chi connectivity index (χ1) is 15.7. The van der Waals surface area contributed by atoms with Gasteiger partial charge in [0, 0.05) is 37.8 Å². The summed E-state index contributed by atoms with van der Waals surface area (Å²) in [6.07, 6.45) is 6.58. The Balaban J connectivity index is 1.52. The van der Waals surface area contributed by atoms with Crippen molar-refractivity contribution in [2.75, 3.05) is 25.0 Å². The Morgan fingerprint density at radius 3 is 2.52 bits per heavy atom. The lowest BCUT2D eigenvalue weighted by Crippen LogP contribution is -2.60. The molecule has 7 nitrogen and oxygen atoms in total. The zero-order chi connectivity index (χ0) is 24.0. The zero-order valence-corrected chi connectivity index (χ0v) is 20.0. The number of anilines is 1. The van der Waals surface area contributed by atoms with E-state index in [0.717, 1.165) is 6.42 Å². The lowest BCUT2D eigenvalue weighted by molar-refractivity contribution is -0.144. The minimum absolute atomic E-state index is 0.0623. The molecule has 3 rings (SSSR count). The monoisotopic (exact) mass is 460 g/mol. The second kappa shape index (κ2) is 11.5. The van der Waals surface area contributed by atoms with Crippen LogP contribution in [0.4, 0.5) is 14.9 Å². The van der Waals surface area contributed by atoms with Crippen molar-refractivity contribution in [2.24, 2.45) is 11.8 Å². The summed E-state index contributed by atoms with van der Waals surface area (Å²) in [7, 11) is 0. The summed E-state index contributed by atoms with van der Waals surface area (Å²) in [5.41, 5.74) is 0.320. The number of amides is 4. The molecule has 1 aliphatic carbocycles. The number of halogens is 1. The Morgan fingerprint density at radius 2 is 1.88 bits per heavy atom. The molecule has 33 heavy (non-hydrogen) atoms. The summed E-state index contributed by atoms with van der Waals surface area (Å²) in [5, 5.41) is 5.32. The van der Waals surface area contributed by atoms with E-state index < -0.39 is 17.9 Å². The van der Waals surface area contributed by atoms with Crippen molar-refractivity contribution >= 4 is 23.5 Å². The molecule has 1 aromatic rings. The standard InChI is InChI=1S/C25H37FN4O3/c1-17(2)23(28-25(33)27-21-10-6-9-20(26)15-21)24(32)29-13-14-30(18(3)16-29)22(31)12-11-19-7-4-5-8-19/h6,9-10,15,17-19,23H,4-5,7-8,11-14,16H2,1-3H3,(H2,27,28,33). The van der Waals surface area contributed by atoms with Crippen molar-refractivity contribution in [1.29, 1.82) is 0 Å². The number of nitrogens with one attached hydrogen (secondary N) is 2. The highest BCUT2D eigenvalue weighted by atomic mass is 19.1. The van der Waals surface area contributed by atoms with Crippen molar-refractivity contribution in [3.8, 4) is 0 Å². The van der Waals surface area contributed by atoms with Gasteiger partial charge >= 0.3 is 6.03 Å². The van der Waals surface area contributed by atoms with Crippen molar-refractivity contribution in [2.45, 2.75) is 71.4 Å². The van der Waals surface area contributed by atoms with E-state index in [-0.39, 0.29) is 23.8 Å². The SMILES string of the molecule is CC(C)C(NC(=O)Nc1cccc(F)c1)C(=O)N1CCN(C(=O)CCC2CCCC2)C(C)C1. The first kappa shape index (κ1) is 25.0. The van der Waals surface area contributed by atoms with E-state index in [1.165, 1.54) is 43.9 Å². The largest absolute Gasteiger partial charge is 0.337 e. The highest BCUT2D eigenvalue weighted by Gasteiger charge is 2.34. The number of carbonyl (C=O) groups is 3. The molecule has 0 bridgehead atoms. The maximum Gasteiger partial charge on any atom is 0.319 e. The molecule has 1 saturated carbocycles. The van der Waals surface area contributed by atoms with Crippen molar-refractivity contribution in [1.82, 2.24) is 15.1 Å². The van der Waals surface area contributed by atoms with Gasteiger partial charge in [-0.2, -0.15) is 0 Å². The number of urea groups is 1. The molecule has 1 aliphatic heterocycles. The van der Waals surface area contributed by atoms with Gasteiger partial charge in [-0.05, 0) is 43.4 Å². The minimum Gasteiger partial charge on any atom is -0.337 e. The number of piperazine rings is 1. The third-order valence-corrected chi connectivity index (χ3v) is 6.80. The van der Waals surface area contributed by atoms with Crippen molar-refractivity contribution in [3.05, 3.63) is 30.1 Å². The summed E-state index contributed by atoms with van der Waals surface area (Å²) in [4.78, 5) is 42.1. The number of benzene rings is 1. The van der Waals surface area contributed by atoms with Gasteiger partial charge in [0.05, 0.1) is 0 Å². The summed E-state index contributed by atoms with van der Waals surface area (Å²) < 4.78 is 13.4. The molecule has 8 heteroatoms. The first-order valence-electron chi connectivity index (χ1n) is 12.2. The van der Waals surface area contributed by atoms with Gasteiger partial charge in [0.25, 0.3) is 0 Å². The molecule has 2 atom stereocenters. The summed E-state index contributed by atoms with van der Waals surface area (Å²) in [5.74, 6) is 0.119. The van der Waals surface area contributed by atoms with E-state index in [4.69, 9.17) is 0 Å². The van der Waals surface area contributed by atoms with E-state index in [1.54, 1.807) is 11.0 Å². The van der Waals surface area contributed by atoms with Crippen LogP contribution < -0.4 is 10.6 Å². The molecule has 4 amide bonds. The molecule has 1 saturated heterocycles. The molecule has 0 aromatic heterocycles. The fourth-order valence-corrected chi connectivity index (χ4v) is 4.88. The van der Waals surface area contributed by atoms with Crippen LogP contribution in [0.3, 0.4) is 0 Å². The van der Waals surface area contributed by atoms with Gasteiger partial charge in [-0.15, -0.1) is 0 Å². The van der Waals surface area contributed by atoms with Crippen LogP contribution in [-0.2, 0) is 9.59 Å². The maximum absolute atomic E-state index is 13.4. The summed E-state index contributed by atoms with van der Waals surface area (Å²) in [6, 6.07) is 4.27. The third kappa shape index (κ3) is 6.92. The van der Waals surface area contributed by atoms with E-state index in [0.29, 0.717) is 37.7 Å². The molecule has 0 spiro atoms. The highest BCUT2D eigenvalue weighted by molar-refractivity contribution is 5.94. The van der Waals surface area contributed by atoms with E-state index in [1.807, 2.05) is 25.7 Å². The molecular weight excluding hydrogens is 423 g/mol. The smallest absolute Gasteiger partial charge is 0.319 e. The van der Waals surface area contributed by atoms with Crippen LogP contribution >= 0.6 is 0 Å². The van der Waals surface area contributed by atoms with Gasteiger partial charge in [0.15, 0.2) is 0 Å². The third-order valence-electron chi connectivity index (χ3n) is 6.80. The van der Waals surface area contributed by atoms with Gasteiger partial charge in [-0.25, -0.2) is 9.18 Å². The summed E-state index contributed by atoms with van der Waals surface area (Å²) >= 11 is 0. The van der Waals surface area contributed by atoms with Crippen molar-refractivity contribution < 1.29 is 18.8 Å². The van der Waals surface area contributed by atoms with Crippen LogP contribution in [-0.4, -0.2) is 59.4 Å². The Morgan fingerprint density at radius 1 is 1.15 bits per heavy atom. The average Bonchev–Trinajstić information content (AvgIpc) is 3.29. The molecular formula is C25H37FN4O3. The number of nitrogens with zero attached hydrogens (tertiary/aromatic N) is 2. The molecule has 2 unspecified atom stereocenters. The predicted molar refractivity (Wildman–Crippen MR) is 126 cm³/mol. The fourth-order valence-electron chi connectivity index (χ4n) is 4.88. The normalized spacial score (nSPS) is 20.1. The van der Waals surface area contributed by atoms with E-state index in [9.17, 15) is 18.8 Å². The summed E-state index contributed by atoms with van der Waals surface area (Å²) in [6.45, 7) is 7.13. The Labute approximate surface area is 196 Å². The van der Waals surface area contributed by atoms with Crippen LogP contribution in [0.15, 0.2) is 24.3 Å². The number of carbonyl (C=O) groups excluding carboxylic acids is 3. The van der Waals surface area contributed by atoms with Gasteiger partial charge in [-0.3, -0.25) is 9.59 Å². The number of hydrogen-bond donors (Lipinski definition) is 2. The molecule has 0 radical (unpaired) electrons. The zero-order valence-electron chi connectivity index (χ0n) is 20.0. The van der Waals surface area contributed by atoms with Crippen LogP contribution in [0, 0.1) is 17.7 Å². The maximum atomic E-state index is 13.4. The van der Waals surface area contributed by atoms with Gasteiger partial charge in [-0.1, -0.05) is 45.6 Å². The lowest BCUT2D eigenvalue weighted by atomic mass is 10.00. The predicted octanol–water partition coefficient (Wildman–Crippen LogP) is 4.00. The molecule has 2 N–H and O–H groups in total. The van der Waals surface area contributed by atoms with Gasteiger partial charge < -0.3 is 20.4 Å². The Hall–Kier alpha value is -2.64. The minimum atomic E-state index is -0.713. The number of rotatable bonds is 7. The van der Waals surface area contributed by atoms with Gasteiger partial charge in [0.2, 0.25) is 11.8 Å². The number of hydrogen-bond acceptors (Lipinski definition) is 3. The van der Waals surface area contributed by atoms with Crippen LogP contribution in [0.2, 0.25) is 0 Å². The van der Waals surface area contributed by atoms with E-state index >= 15 is 0 Å². The second-order valence-electron chi connectivity index (χ2n) is 9.74. The quantitative estimate of drug-likeness (QED) is 0.645. The van der Waals surface area contributed by atoms with E-state index in [2.05, 4.69) is 10.6 Å². The lowest BCUT2D eigenvalue weighted by Gasteiger charge is -2.41. The molecule has 2 fully saturated rings. The first-order valence-corrected chi connectivity index (χ1v) is 12.2. The molecule has 182 valence electrons. The second-order valence-corrected chi connectivity index (χ2v) is 9.74. The van der Waals surface area contributed by atoms with Gasteiger partial charge in [0.1, 0.15) is 11.9 Å².